The molecule has 2 aromatic carbocycles. The summed E-state index contributed by atoms with van der Waals surface area (Å²) in [4.78, 5) is 0. The number of rotatable bonds is 1. The highest BCUT2D eigenvalue weighted by molar-refractivity contribution is 5.85. The molecule has 2 unspecified atom stereocenters. The Balaban J connectivity index is 2.09. The third-order valence-corrected chi connectivity index (χ3v) is 2.92. The molecule has 1 aliphatic heterocycles. The smallest absolute Gasteiger partial charge is 0.184 e. The maximum Gasteiger partial charge on any atom is 0.184 e. The zero-order chi connectivity index (χ0) is 11.0. The lowest BCUT2D eigenvalue weighted by atomic mass is 10.0. The van der Waals surface area contributed by atoms with Crippen LogP contribution in [-0.2, 0) is 9.47 Å². The summed E-state index contributed by atoms with van der Waals surface area (Å²) in [6, 6.07) is 14.5. The van der Waals surface area contributed by atoms with Crippen molar-refractivity contribution in [2.75, 3.05) is 6.61 Å². The fourth-order valence-corrected chi connectivity index (χ4v) is 2.13. The molecule has 2 atom stereocenters. The first kappa shape index (κ1) is 9.82. The van der Waals surface area contributed by atoms with Crippen molar-refractivity contribution in [1.29, 1.82) is 0 Å². The Labute approximate surface area is 94.8 Å². The second kappa shape index (κ2) is 3.89. The molecule has 0 aromatic heterocycles. The van der Waals surface area contributed by atoms with Gasteiger partial charge in [0.15, 0.2) is 6.29 Å². The molecule has 0 radical (unpaired) electrons. The lowest BCUT2D eigenvalue weighted by molar-refractivity contribution is -0.0561. The van der Waals surface area contributed by atoms with Crippen LogP contribution in [-0.4, -0.2) is 12.7 Å². The molecule has 0 spiro atoms. The fourth-order valence-electron chi connectivity index (χ4n) is 2.13. The van der Waals surface area contributed by atoms with Crippen molar-refractivity contribution in [2.24, 2.45) is 0 Å². The first-order valence-corrected chi connectivity index (χ1v) is 5.59. The molecule has 2 nitrogen and oxygen atoms in total. The molecule has 0 N–H and O–H groups in total. The molecule has 0 aliphatic carbocycles. The highest BCUT2D eigenvalue weighted by Crippen LogP contribution is 2.31. The summed E-state index contributed by atoms with van der Waals surface area (Å²) in [5.41, 5.74) is 1.13. The average molecular weight is 214 g/mol. The molecular weight excluding hydrogens is 200 g/mol. The second-order valence-electron chi connectivity index (χ2n) is 4.18. The van der Waals surface area contributed by atoms with Crippen molar-refractivity contribution in [3.63, 3.8) is 0 Å². The van der Waals surface area contributed by atoms with E-state index in [-0.39, 0.29) is 12.4 Å². The zero-order valence-electron chi connectivity index (χ0n) is 9.22. The van der Waals surface area contributed by atoms with Gasteiger partial charge in [-0.2, -0.15) is 0 Å². The van der Waals surface area contributed by atoms with Gasteiger partial charge in [-0.05, 0) is 17.7 Å². The third-order valence-electron chi connectivity index (χ3n) is 2.92. The van der Waals surface area contributed by atoms with Crippen LogP contribution in [0.4, 0.5) is 0 Å². The SMILES string of the molecule is CC1COC(c2cccc3ccccc23)O1. The van der Waals surface area contributed by atoms with E-state index in [1.54, 1.807) is 0 Å². The Kier molecular flexibility index (Phi) is 2.39. The molecule has 0 bridgehead atoms. The Morgan fingerprint density at radius 2 is 1.88 bits per heavy atom. The van der Waals surface area contributed by atoms with E-state index in [0.717, 1.165) is 5.56 Å². The van der Waals surface area contributed by atoms with Gasteiger partial charge in [0.2, 0.25) is 0 Å². The van der Waals surface area contributed by atoms with Gasteiger partial charge in [-0.1, -0.05) is 42.5 Å². The molecule has 16 heavy (non-hydrogen) atoms. The highest BCUT2D eigenvalue weighted by atomic mass is 16.7. The summed E-state index contributed by atoms with van der Waals surface area (Å²) in [6.07, 6.45) is -0.0231. The van der Waals surface area contributed by atoms with Crippen molar-refractivity contribution in [2.45, 2.75) is 19.3 Å². The molecule has 1 saturated heterocycles. The first-order valence-electron chi connectivity index (χ1n) is 5.59. The highest BCUT2D eigenvalue weighted by Gasteiger charge is 2.25. The van der Waals surface area contributed by atoms with Crippen LogP contribution in [0.2, 0.25) is 0 Å². The van der Waals surface area contributed by atoms with Gasteiger partial charge in [-0.3, -0.25) is 0 Å². The number of hydrogen-bond acceptors (Lipinski definition) is 2. The summed E-state index contributed by atoms with van der Waals surface area (Å²) >= 11 is 0. The molecule has 2 aromatic rings. The number of benzene rings is 2. The summed E-state index contributed by atoms with van der Waals surface area (Å²) in [5, 5.41) is 2.44. The van der Waals surface area contributed by atoms with Crippen LogP contribution in [0.25, 0.3) is 10.8 Å². The van der Waals surface area contributed by atoms with Crippen LogP contribution in [0.5, 0.6) is 0 Å². The van der Waals surface area contributed by atoms with E-state index >= 15 is 0 Å². The Bertz CT molecular complexity index is 502. The molecule has 0 saturated carbocycles. The van der Waals surface area contributed by atoms with Crippen LogP contribution in [0.15, 0.2) is 42.5 Å². The molecule has 82 valence electrons. The molecular formula is C14H14O2. The van der Waals surface area contributed by atoms with E-state index in [0.29, 0.717) is 6.61 Å². The minimum atomic E-state index is -0.207. The van der Waals surface area contributed by atoms with Gasteiger partial charge < -0.3 is 9.47 Å². The largest absolute Gasteiger partial charge is 0.346 e. The normalized spacial score (nSPS) is 25.1. The van der Waals surface area contributed by atoms with Crippen LogP contribution < -0.4 is 0 Å². The van der Waals surface area contributed by atoms with Gasteiger partial charge in [0.05, 0.1) is 12.7 Å². The van der Waals surface area contributed by atoms with Crippen molar-refractivity contribution in [1.82, 2.24) is 0 Å². The standard InChI is InChI=1S/C14H14O2/c1-10-9-15-14(16-10)13-8-4-6-11-5-2-3-7-12(11)13/h2-8,10,14H,9H2,1H3. The maximum absolute atomic E-state index is 5.73. The molecule has 1 fully saturated rings. The van der Waals surface area contributed by atoms with Gasteiger partial charge in [-0.25, -0.2) is 0 Å². The van der Waals surface area contributed by atoms with Gasteiger partial charge in [0, 0.05) is 5.56 Å². The minimum absolute atomic E-state index is 0.184. The monoisotopic (exact) mass is 214 g/mol. The van der Waals surface area contributed by atoms with Gasteiger partial charge in [0.25, 0.3) is 0 Å². The summed E-state index contributed by atoms with van der Waals surface area (Å²) < 4.78 is 11.4. The fraction of sp³-hybridized carbons (Fsp3) is 0.286. The number of fused-ring (bicyclic) bond motifs is 1. The van der Waals surface area contributed by atoms with Crippen LogP contribution in [0.1, 0.15) is 18.8 Å². The predicted molar refractivity (Wildman–Crippen MR) is 63.2 cm³/mol. The molecule has 1 heterocycles. The lowest BCUT2D eigenvalue weighted by Gasteiger charge is -2.12. The predicted octanol–water partition coefficient (Wildman–Crippen LogP) is 3.27. The van der Waals surface area contributed by atoms with E-state index in [1.165, 1.54) is 10.8 Å². The Hall–Kier alpha value is -1.38. The Morgan fingerprint density at radius 1 is 1.06 bits per heavy atom. The van der Waals surface area contributed by atoms with Gasteiger partial charge >= 0.3 is 0 Å². The molecule has 1 aliphatic rings. The third kappa shape index (κ3) is 1.60. The van der Waals surface area contributed by atoms with Gasteiger partial charge in [-0.15, -0.1) is 0 Å². The lowest BCUT2D eigenvalue weighted by Crippen LogP contribution is -2.03. The number of hydrogen-bond donors (Lipinski definition) is 0. The maximum atomic E-state index is 5.73. The van der Waals surface area contributed by atoms with E-state index in [1.807, 2.05) is 25.1 Å². The van der Waals surface area contributed by atoms with Gasteiger partial charge in [0.1, 0.15) is 0 Å². The quantitative estimate of drug-likeness (QED) is 0.725. The van der Waals surface area contributed by atoms with E-state index in [4.69, 9.17) is 9.47 Å². The van der Waals surface area contributed by atoms with E-state index in [2.05, 4.69) is 24.3 Å². The van der Waals surface area contributed by atoms with E-state index in [9.17, 15) is 0 Å². The van der Waals surface area contributed by atoms with Crippen LogP contribution in [0, 0.1) is 0 Å². The molecule has 2 heteroatoms. The van der Waals surface area contributed by atoms with Crippen LogP contribution >= 0.6 is 0 Å². The molecule has 3 rings (SSSR count). The summed E-state index contributed by atoms with van der Waals surface area (Å²) in [7, 11) is 0. The summed E-state index contributed by atoms with van der Waals surface area (Å²) in [5.74, 6) is 0. The van der Waals surface area contributed by atoms with E-state index < -0.39 is 0 Å². The summed E-state index contributed by atoms with van der Waals surface area (Å²) in [6.45, 7) is 2.71. The second-order valence-corrected chi connectivity index (χ2v) is 4.18. The Morgan fingerprint density at radius 3 is 2.69 bits per heavy atom. The van der Waals surface area contributed by atoms with Crippen molar-refractivity contribution >= 4 is 10.8 Å². The van der Waals surface area contributed by atoms with Crippen molar-refractivity contribution in [3.8, 4) is 0 Å². The minimum Gasteiger partial charge on any atom is -0.346 e. The zero-order valence-corrected chi connectivity index (χ0v) is 9.22. The van der Waals surface area contributed by atoms with Crippen molar-refractivity contribution < 1.29 is 9.47 Å². The number of ether oxygens (including phenoxy) is 2. The van der Waals surface area contributed by atoms with Crippen LogP contribution in [0.3, 0.4) is 0 Å². The molecule has 0 amide bonds. The first-order chi connectivity index (χ1) is 7.84. The topological polar surface area (TPSA) is 18.5 Å². The van der Waals surface area contributed by atoms with Crippen molar-refractivity contribution in [3.05, 3.63) is 48.0 Å². The average Bonchev–Trinajstić information content (AvgIpc) is 2.75.